The van der Waals surface area contributed by atoms with Crippen LogP contribution in [-0.2, 0) is 19.6 Å². The van der Waals surface area contributed by atoms with Gasteiger partial charge in [0.15, 0.2) is 0 Å². The second kappa shape index (κ2) is 9.06. The first-order chi connectivity index (χ1) is 13.3. The number of hydrogen-bond donors (Lipinski definition) is 2. The highest BCUT2D eigenvalue weighted by Gasteiger charge is 2.39. The molecule has 10 heteroatoms. The molecule has 1 amide bonds. The summed E-state index contributed by atoms with van der Waals surface area (Å²) in [6.07, 6.45) is -0.578. The molecule has 2 fully saturated rings. The van der Waals surface area contributed by atoms with Gasteiger partial charge in [0.1, 0.15) is 0 Å². The third kappa shape index (κ3) is 5.22. The first kappa shape index (κ1) is 21.5. The van der Waals surface area contributed by atoms with Crippen LogP contribution in [0.15, 0.2) is 29.2 Å². The Morgan fingerprint density at radius 3 is 2.64 bits per heavy atom. The largest absolute Gasteiger partial charge is 0.389 e. The van der Waals surface area contributed by atoms with Gasteiger partial charge in [-0.3, -0.25) is 9.69 Å². The molecule has 2 saturated heterocycles. The molecule has 2 N–H and O–H groups in total. The van der Waals surface area contributed by atoms with Crippen molar-refractivity contribution in [2.75, 3.05) is 39.3 Å². The lowest BCUT2D eigenvalue weighted by Gasteiger charge is -2.26. The van der Waals surface area contributed by atoms with Crippen LogP contribution in [0, 0.1) is 0 Å². The van der Waals surface area contributed by atoms with Gasteiger partial charge >= 0.3 is 0 Å². The van der Waals surface area contributed by atoms with Crippen molar-refractivity contribution in [3.05, 3.63) is 29.3 Å². The van der Waals surface area contributed by atoms with Crippen molar-refractivity contribution in [3.63, 3.8) is 0 Å². The molecular weight excluding hydrogens is 406 g/mol. The van der Waals surface area contributed by atoms with E-state index in [1.165, 1.54) is 24.3 Å². The Hall–Kier alpha value is -1.23. The molecule has 28 heavy (non-hydrogen) atoms. The van der Waals surface area contributed by atoms with Gasteiger partial charge in [0.05, 0.1) is 29.8 Å². The average Bonchev–Trinajstić information content (AvgIpc) is 2.84. The van der Waals surface area contributed by atoms with Crippen LogP contribution in [0.1, 0.15) is 13.3 Å². The van der Waals surface area contributed by atoms with Crippen LogP contribution in [0.25, 0.3) is 0 Å². The summed E-state index contributed by atoms with van der Waals surface area (Å²) in [6, 6.07) is 5.13. The SMILES string of the molecule is CC(=O)N1CCCN(C[C@@H]2OC[C@H](NS(=O)(=O)c3ccc(Cl)cc3)[C@H]2O)CC1. The lowest BCUT2D eigenvalue weighted by molar-refractivity contribution is -0.128. The Labute approximate surface area is 170 Å². The number of hydrogen-bond acceptors (Lipinski definition) is 6. The van der Waals surface area contributed by atoms with E-state index in [4.69, 9.17) is 16.3 Å². The standard InChI is InChI=1S/C18H26ClN3O5S/c1-13(23)22-8-2-7-21(9-10-22)11-17-18(24)16(12-27-17)20-28(25,26)15-5-3-14(19)4-6-15/h3-6,16-18,20,24H,2,7-12H2,1H3/t16-,17-,18+/m0/s1. The second-order valence-corrected chi connectivity index (χ2v) is 9.35. The topological polar surface area (TPSA) is 99.2 Å². The molecule has 2 aliphatic rings. The van der Waals surface area contributed by atoms with Crippen molar-refractivity contribution in [1.29, 1.82) is 0 Å². The number of carbonyl (C=O) groups excluding carboxylic acids is 1. The van der Waals surface area contributed by atoms with Crippen LogP contribution >= 0.6 is 11.6 Å². The van der Waals surface area contributed by atoms with Crippen molar-refractivity contribution in [1.82, 2.24) is 14.5 Å². The third-order valence-electron chi connectivity index (χ3n) is 5.19. The van der Waals surface area contributed by atoms with Gasteiger partial charge in [-0.25, -0.2) is 13.1 Å². The van der Waals surface area contributed by atoms with Crippen molar-refractivity contribution >= 4 is 27.5 Å². The highest BCUT2D eigenvalue weighted by Crippen LogP contribution is 2.20. The highest BCUT2D eigenvalue weighted by atomic mass is 35.5. The summed E-state index contributed by atoms with van der Waals surface area (Å²) in [7, 11) is -3.78. The molecule has 0 spiro atoms. The zero-order chi connectivity index (χ0) is 20.3. The maximum atomic E-state index is 12.5. The first-order valence-electron chi connectivity index (χ1n) is 9.32. The van der Waals surface area contributed by atoms with Gasteiger partial charge in [-0.2, -0.15) is 0 Å². The van der Waals surface area contributed by atoms with E-state index in [-0.39, 0.29) is 17.4 Å². The Morgan fingerprint density at radius 2 is 1.96 bits per heavy atom. The molecule has 0 saturated carbocycles. The van der Waals surface area contributed by atoms with E-state index in [0.29, 0.717) is 24.7 Å². The maximum Gasteiger partial charge on any atom is 0.240 e. The fourth-order valence-corrected chi connectivity index (χ4v) is 4.91. The summed E-state index contributed by atoms with van der Waals surface area (Å²) in [5, 5.41) is 11.0. The molecule has 2 heterocycles. The number of amides is 1. The minimum atomic E-state index is -3.78. The van der Waals surface area contributed by atoms with Crippen LogP contribution in [0.2, 0.25) is 5.02 Å². The number of ether oxygens (including phenoxy) is 1. The minimum Gasteiger partial charge on any atom is -0.389 e. The molecule has 1 aromatic rings. The van der Waals surface area contributed by atoms with Crippen molar-refractivity contribution < 1.29 is 23.1 Å². The Balaban J connectivity index is 1.56. The Morgan fingerprint density at radius 1 is 1.25 bits per heavy atom. The Bertz CT molecular complexity index is 789. The zero-order valence-corrected chi connectivity index (χ0v) is 17.3. The van der Waals surface area contributed by atoms with Gasteiger partial charge in [-0.15, -0.1) is 0 Å². The summed E-state index contributed by atoms with van der Waals surface area (Å²) in [5.74, 6) is 0.0654. The summed E-state index contributed by atoms with van der Waals surface area (Å²) in [4.78, 5) is 15.6. The second-order valence-electron chi connectivity index (χ2n) is 7.20. The number of carbonyl (C=O) groups is 1. The lowest BCUT2D eigenvalue weighted by Crippen LogP contribution is -2.47. The normalized spacial score (nSPS) is 27.0. The molecule has 0 unspecified atom stereocenters. The van der Waals surface area contributed by atoms with Crippen LogP contribution in [-0.4, -0.2) is 86.8 Å². The molecule has 0 bridgehead atoms. The minimum absolute atomic E-state index is 0.0654. The van der Waals surface area contributed by atoms with Gasteiger partial charge in [-0.1, -0.05) is 11.6 Å². The molecule has 8 nitrogen and oxygen atoms in total. The van der Waals surface area contributed by atoms with E-state index in [2.05, 4.69) is 9.62 Å². The molecule has 156 valence electrons. The number of rotatable bonds is 5. The van der Waals surface area contributed by atoms with Crippen LogP contribution in [0.5, 0.6) is 0 Å². The van der Waals surface area contributed by atoms with Gasteiger partial charge < -0.3 is 14.7 Å². The van der Waals surface area contributed by atoms with E-state index in [0.717, 1.165) is 19.5 Å². The Kier molecular flexibility index (Phi) is 6.95. The van der Waals surface area contributed by atoms with Crippen LogP contribution in [0.3, 0.4) is 0 Å². The fourth-order valence-electron chi connectivity index (χ4n) is 3.55. The maximum absolute atomic E-state index is 12.5. The molecule has 0 aromatic heterocycles. The average molecular weight is 432 g/mol. The quantitative estimate of drug-likeness (QED) is 0.695. The van der Waals surface area contributed by atoms with Gasteiger partial charge in [0.2, 0.25) is 15.9 Å². The van der Waals surface area contributed by atoms with Crippen molar-refractivity contribution in [3.8, 4) is 0 Å². The summed E-state index contributed by atoms with van der Waals surface area (Å²) >= 11 is 5.80. The molecule has 3 atom stereocenters. The predicted octanol–water partition coefficient (Wildman–Crippen LogP) is 0.301. The number of aliphatic hydroxyl groups excluding tert-OH is 1. The summed E-state index contributed by atoms with van der Waals surface area (Å²) < 4.78 is 33.2. The number of benzene rings is 1. The third-order valence-corrected chi connectivity index (χ3v) is 6.94. The van der Waals surface area contributed by atoms with E-state index in [9.17, 15) is 18.3 Å². The van der Waals surface area contributed by atoms with Crippen molar-refractivity contribution in [2.24, 2.45) is 0 Å². The van der Waals surface area contributed by atoms with Gasteiger partial charge in [0, 0.05) is 38.1 Å². The monoisotopic (exact) mass is 431 g/mol. The number of sulfonamides is 1. The highest BCUT2D eigenvalue weighted by molar-refractivity contribution is 7.89. The smallest absolute Gasteiger partial charge is 0.240 e. The number of nitrogens with one attached hydrogen (secondary N) is 1. The predicted molar refractivity (Wildman–Crippen MR) is 105 cm³/mol. The number of aliphatic hydroxyl groups is 1. The molecule has 0 radical (unpaired) electrons. The van der Waals surface area contributed by atoms with Gasteiger partial charge in [-0.05, 0) is 37.2 Å². The number of nitrogens with zero attached hydrogens (tertiary/aromatic N) is 2. The van der Waals surface area contributed by atoms with E-state index in [1.807, 2.05) is 4.90 Å². The molecule has 0 aliphatic carbocycles. The van der Waals surface area contributed by atoms with Gasteiger partial charge in [0.25, 0.3) is 0 Å². The summed E-state index contributed by atoms with van der Waals surface area (Å²) in [6.45, 7) is 5.04. The zero-order valence-electron chi connectivity index (χ0n) is 15.8. The van der Waals surface area contributed by atoms with E-state index in [1.54, 1.807) is 6.92 Å². The molecule has 2 aliphatic heterocycles. The first-order valence-corrected chi connectivity index (χ1v) is 11.2. The van der Waals surface area contributed by atoms with Crippen LogP contribution in [0.4, 0.5) is 0 Å². The fraction of sp³-hybridized carbons (Fsp3) is 0.611. The lowest BCUT2D eigenvalue weighted by atomic mass is 10.1. The van der Waals surface area contributed by atoms with E-state index < -0.39 is 28.3 Å². The molecule has 1 aromatic carbocycles. The molecule has 3 rings (SSSR count). The number of halogens is 1. The van der Waals surface area contributed by atoms with Crippen molar-refractivity contribution in [2.45, 2.75) is 36.5 Å². The molecular formula is C18H26ClN3O5S. The van der Waals surface area contributed by atoms with Crippen LogP contribution < -0.4 is 4.72 Å². The van der Waals surface area contributed by atoms with E-state index >= 15 is 0 Å². The summed E-state index contributed by atoms with van der Waals surface area (Å²) in [5.41, 5.74) is 0.